The van der Waals surface area contributed by atoms with Gasteiger partial charge in [-0.05, 0) is 56.3 Å². The minimum Gasteiger partial charge on any atom is -0.306 e. The van der Waals surface area contributed by atoms with Crippen LogP contribution < -0.4 is 0 Å². The van der Waals surface area contributed by atoms with Crippen LogP contribution in [-0.2, 0) is 0 Å². The van der Waals surface area contributed by atoms with Crippen LogP contribution in [0.4, 0.5) is 4.39 Å². The van der Waals surface area contributed by atoms with Crippen molar-refractivity contribution in [2.24, 2.45) is 0 Å². The Balaban J connectivity index is 1.69. The first kappa shape index (κ1) is 14.3. The van der Waals surface area contributed by atoms with E-state index in [2.05, 4.69) is 22.0 Å². The Kier molecular flexibility index (Phi) is 3.58. The van der Waals surface area contributed by atoms with Crippen LogP contribution >= 0.6 is 0 Å². The van der Waals surface area contributed by atoms with Gasteiger partial charge in [-0.1, -0.05) is 12.1 Å². The van der Waals surface area contributed by atoms with E-state index >= 15 is 0 Å². The van der Waals surface area contributed by atoms with Gasteiger partial charge < -0.3 is 4.90 Å². The van der Waals surface area contributed by atoms with Crippen LogP contribution in [-0.4, -0.2) is 39.6 Å². The summed E-state index contributed by atoms with van der Waals surface area (Å²) < 4.78 is 15.2. The third-order valence-corrected chi connectivity index (χ3v) is 4.49. The average molecular weight is 310 g/mol. The fraction of sp³-hybridized carbons (Fsp3) is 0.333. The third-order valence-electron chi connectivity index (χ3n) is 4.49. The minimum atomic E-state index is -0.230. The van der Waals surface area contributed by atoms with Gasteiger partial charge in [-0.3, -0.25) is 0 Å². The molecule has 2 aromatic heterocycles. The van der Waals surface area contributed by atoms with E-state index in [0.29, 0.717) is 5.92 Å². The number of rotatable bonds is 2. The molecule has 0 radical (unpaired) electrons. The molecule has 0 amide bonds. The molecule has 1 atom stereocenters. The van der Waals surface area contributed by atoms with Crippen LogP contribution in [0.3, 0.4) is 0 Å². The van der Waals surface area contributed by atoms with Crippen LogP contribution in [0.1, 0.15) is 24.6 Å². The first-order valence-electron chi connectivity index (χ1n) is 8.00. The average Bonchev–Trinajstić information content (AvgIpc) is 2.98. The van der Waals surface area contributed by atoms with Crippen LogP contribution in [0.2, 0.25) is 0 Å². The zero-order valence-corrected chi connectivity index (χ0v) is 13.1. The SMILES string of the molecule is CN1CCC[C@H](c2nc3ccc(-c4cccc(F)c4)cn3n2)C1. The van der Waals surface area contributed by atoms with Crippen LogP contribution in [0.5, 0.6) is 0 Å². The maximum atomic E-state index is 13.4. The molecule has 4 rings (SSSR count). The van der Waals surface area contributed by atoms with Gasteiger partial charge in [-0.15, -0.1) is 0 Å². The van der Waals surface area contributed by atoms with Crippen molar-refractivity contribution < 1.29 is 4.39 Å². The van der Waals surface area contributed by atoms with E-state index in [1.54, 1.807) is 6.07 Å². The van der Waals surface area contributed by atoms with E-state index in [1.165, 1.54) is 18.6 Å². The number of halogens is 1. The summed E-state index contributed by atoms with van der Waals surface area (Å²) in [4.78, 5) is 7.01. The monoisotopic (exact) mass is 310 g/mol. The maximum absolute atomic E-state index is 13.4. The second kappa shape index (κ2) is 5.74. The predicted octanol–water partition coefficient (Wildman–Crippen LogP) is 3.34. The summed E-state index contributed by atoms with van der Waals surface area (Å²) >= 11 is 0. The van der Waals surface area contributed by atoms with E-state index < -0.39 is 0 Å². The lowest BCUT2D eigenvalue weighted by Gasteiger charge is -2.27. The molecule has 1 saturated heterocycles. The molecular weight excluding hydrogens is 291 g/mol. The van der Waals surface area contributed by atoms with Crippen molar-refractivity contribution in [2.45, 2.75) is 18.8 Å². The van der Waals surface area contributed by atoms with Crippen molar-refractivity contribution in [3.05, 3.63) is 54.2 Å². The van der Waals surface area contributed by atoms with E-state index in [-0.39, 0.29) is 5.82 Å². The summed E-state index contributed by atoms with van der Waals surface area (Å²) in [6.07, 6.45) is 4.25. The van der Waals surface area contributed by atoms with Gasteiger partial charge in [0.2, 0.25) is 0 Å². The van der Waals surface area contributed by atoms with Gasteiger partial charge in [0, 0.05) is 24.2 Å². The number of hydrogen-bond acceptors (Lipinski definition) is 3. The Morgan fingerprint density at radius 3 is 2.91 bits per heavy atom. The number of piperidine rings is 1. The Morgan fingerprint density at radius 1 is 1.17 bits per heavy atom. The summed E-state index contributed by atoms with van der Waals surface area (Å²) in [6, 6.07) is 10.5. The zero-order valence-electron chi connectivity index (χ0n) is 13.1. The molecule has 0 bridgehead atoms. The molecule has 3 heterocycles. The van der Waals surface area contributed by atoms with Crippen molar-refractivity contribution in [1.82, 2.24) is 19.5 Å². The molecule has 1 fully saturated rings. The summed E-state index contributed by atoms with van der Waals surface area (Å²) in [5, 5.41) is 4.66. The Morgan fingerprint density at radius 2 is 2.09 bits per heavy atom. The number of nitrogens with zero attached hydrogens (tertiary/aromatic N) is 4. The molecule has 0 unspecified atom stereocenters. The quantitative estimate of drug-likeness (QED) is 0.728. The molecule has 0 spiro atoms. The highest BCUT2D eigenvalue weighted by atomic mass is 19.1. The van der Waals surface area contributed by atoms with Crippen molar-refractivity contribution in [2.75, 3.05) is 20.1 Å². The number of likely N-dealkylation sites (tertiary alicyclic amines) is 1. The van der Waals surface area contributed by atoms with E-state index in [1.807, 2.05) is 28.9 Å². The van der Waals surface area contributed by atoms with Gasteiger partial charge >= 0.3 is 0 Å². The highest BCUT2D eigenvalue weighted by molar-refractivity contribution is 5.64. The topological polar surface area (TPSA) is 33.4 Å². The summed E-state index contributed by atoms with van der Waals surface area (Å²) in [6.45, 7) is 2.15. The number of likely N-dealkylation sites (N-methyl/N-ethyl adjacent to an activating group) is 1. The molecule has 0 N–H and O–H groups in total. The number of fused-ring (bicyclic) bond motifs is 1. The van der Waals surface area contributed by atoms with Crippen LogP contribution in [0, 0.1) is 5.82 Å². The van der Waals surface area contributed by atoms with Gasteiger partial charge in [-0.25, -0.2) is 13.9 Å². The Hall–Kier alpha value is -2.27. The molecule has 118 valence electrons. The molecule has 0 saturated carbocycles. The predicted molar refractivity (Wildman–Crippen MR) is 87.9 cm³/mol. The van der Waals surface area contributed by atoms with Crippen molar-refractivity contribution >= 4 is 5.65 Å². The van der Waals surface area contributed by atoms with Crippen LogP contribution in [0.25, 0.3) is 16.8 Å². The third kappa shape index (κ3) is 2.84. The fourth-order valence-corrected chi connectivity index (χ4v) is 3.29. The standard InChI is InChI=1S/C18H19FN4/c1-22-9-3-5-15(11-22)18-20-17-8-7-14(12-23(17)21-18)13-4-2-6-16(19)10-13/h2,4,6-8,10,12,15H,3,5,9,11H2,1H3/t15-/m0/s1. The Labute approximate surface area is 134 Å². The van der Waals surface area contributed by atoms with Gasteiger partial charge in [0.05, 0.1) is 0 Å². The van der Waals surface area contributed by atoms with E-state index in [0.717, 1.165) is 42.1 Å². The smallest absolute Gasteiger partial charge is 0.156 e. The molecule has 5 heteroatoms. The number of hydrogen-bond donors (Lipinski definition) is 0. The molecule has 0 aliphatic carbocycles. The van der Waals surface area contributed by atoms with Gasteiger partial charge in [0.1, 0.15) is 5.82 Å². The number of aromatic nitrogens is 3. The van der Waals surface area contributed by atoms with E-state index in [9.17, 15) is 4.39 Å². The molecule has 4 nitrogen and oxygen atoms in total. The summed E-state index contributed by atoms with van der Waals surface area (Å²) in [7, 11) is 2.14. The highest BCUT2D eigenvalue weighted by Crippen LogP contribution is 2.25. The lowest BCUT2D eigenvalue weighted by Crippen LogP contribution is -2.31. The van der Waals surface area contributed by atoms with Crippen molar-refractivity contribution in [1.29, 1.82) is 0 Å². The number of pyridine rings is 1. The molecule has 23 heavy (non-hydrogen) atoms. The summed E-state index contributed by atoms with van der Waals surface area (Å²) in [5.41, 5.74) is 2.63. The number of benzene rings is 1. The summed E-state index contributed by atoms with van der Waals surface area (Å²) in [5.74, 6) is 1.08. The van der Waals surface area contributed by atoms with Gasteiger partial charge in [-0.2, -0.15) is 5.10 Å². The maximum Gasteiger partial charge on any atom is 0.156 e. The highest BCUT2D eigenvalue weighted by Gasteiger charge is 2.22. The lowest BCUT2D eigenvalue weighted by molar-refractivity contribution is 0.246. The normalized spacial score (nSPS) is 19.3. The second-order valence-electron chi connectivity index (χ2n) is 6.30. The van der Waals surface area contributed by atoms with Gasteiger partial charge in [0.25, 0.3) is 0 Å². The minimum absolute atomic E-state index is 0.230. The lowest BCUT2D eigenvalue weighted by atomic mass is 9.98. The zero-order chi connectivity index (χ0) is 15.8. The Bertz CT molecular complexity index is 842. The molecular formula is C18H19FN4. The fourth-order valence-electron chi connectivity index (χ4n) is 3.29. The second-order valence-corrected chi connectivity index (χ2v) is 6.30. The van der Waals surface area contributed by atoms with Gasteiger partial charge in [0.15, 0.2) is 11.5 Å². The molecule has 1 aromatic carbocycles. The molecule has 3 aromatic rings. The molecule has 1 aliphatic rings. The first-order valence-corrected chi connectivity index (χ1v) is 8.00. The molecule has 1 aliphatic heterocycles. The largest absolute Gasteiger partial charge is 0.306 e. The van der Waals surface area contributed by atoms with E-state index in [4.69, 9.17) is 0 Å². The van der Waals surface area contributed by atoms with Crippen molar-refractivity contribution in [3.8, 4) is 11.1 Å². The van der Waals surface area contributed by atoms with Crippen LogP contribution in [0.15, 0.2) is 42.6 Å². The van der Waals surface area contributed by atoms with Crippen molar-refractivity contribution in [3.63, 3.8) is 0 Å². The first-order chi connectivity index (χ1) is 11.2.